The Morgan fingerprint density at radius 3 is 2.86 bits per heavy atom. The van der Waals surface area contributed by atoms with Gasteiger partial charge in [-0.25, -0.2) is 0 Å². The number of likely N-dealkylation sites (tertiary alicyclic amines) is 1. The number of carbonyl (C=O) groups excluding carboxylic acids is 1. The van der Waals surface area contributed by atoms with Crippen molar-refractivity contribution in [3.8, 4) is 0 Å². The van der Waals surface area contributed by atoms with Crippen LogP contribution in [0.1, 0.15) is 55.1 Å². The van der Waals surface area contributed by atoms with Gasteiger partial charge in [0.2, 0.25) is 5.91 Å². The van der Waals surface area contributed by atoms with E-state index in [4.69, 9.17) is 0 Å². The number of hydrogen-bond donors (Lipinski definition) is 1. The van der Waals surface area contributed by atoms with E-state index in [1.165, 1.54) is 5.56 Å². The normalized spacial score (nSPS) is 23.6. The number of fused-ring (bicyclic) bond motifs is 4. The van der Waals surface area contributed by atoms with E-state index in [9.17, 15) is 9.59 Å². The van der Waals surface area contributed by atoms with Crippen LogP contribution in [-0.2, 0) is 18.4 Å². The van der Waals surface area contributed by atoms with Crippen LogP contribution in [0, 0.1) is 12.8 Å². The van der Waals surface area contributed by atoms with Crippen LogP contribution in [0.25, 0.3) is 0 Å². The number of amides is 1. The molecule has 0 unspecified atom stereocenters. The van der Waals surface area contributed by atoms with Gasteiger partial charge in [-0.05, 0) is 31.7 Å². The van der Waals surface area contributed by atoms with Crippen LogP contribution >= 0.6 is 0 Å². The Kier molecular flexibility index (Phi) is 5.58. The van der Waals surface area contributed by atoms with Crippen LogP contribution in [0.15, 0.2) is 29.2 Å². The molecule has 7 nitrogen and oxygen atoms in total. The lowest BCUT2D eigenvalue weighted by Gasteiger charge is -2.47. The number of aryl methyl sites for hydroxylation is 2. The van der Waals surface area contributed by atoms with Crippen LogP contribution in [0.5, 0.6) is 0 Å². The lowest BCUT2D eigenvalue weighted by atomic mass is 9.78. The Morgan fingerprint density at radius 2 is 2.14 bits per heavy atom. The highest BCUT2D eigenvalue weighted by Gasteiger charge is 2.40. The maximum atomic E-state index is 12.7. The highest BCUT2D eigenvalue weighted by Crippen LogP contribution is 2.41. The molecule has 29 heavy (non-hydrogen) atoms. The Balaban J connectivity index is 1.59. The van der Waals surface area contributed by atoms with Crippen molar-refractivity contribution in [1.82, 2.24) is 24.6 Å². The van der Waals surface area contributed by atoms with E-state index in [-0.39, 0.29) is 17.5 Å². The van der Waals surface area contributed by atoms with E-state index in [1.807, 2.05) is 29.3 Å². The number of pyridine rings is 1. The molecular formula is C22H31N5O2. The van der Waals surface area contributed by atoms with E-state index in [0.717, 1.165) is 43.9 Å². The van der Waals surface area contributed by atoms with Gasteiger partial charge in [-0.2, -0.15) is 5.10 Å². The third-order valence-corrected chi connectivity index (χ3v) is 6.37. The first kappa shape index (κ1) is 19.9. The van der Waals surface area contributed by atoms with Crippen LogP contribution in [0.4, 0.5) is 0 Å². The van der Waals surface area contributed by atoms with Crippen LogP contribution in [0.3, 0.4) is 0 Å². The fourth-order valence-corrected chi connectivity index (χ4v) is 5.11. The summed E-state index contributed by atoms with van der Waals surface area (Å²) >= 11 is 0. The largest absolute Gasteiger partial charge is 0.354 e. The fraction of sp³-hybridized carbons (Fsp3) is 0.591. The van der Waals surface area contributed by atoms with E-state index >= 15 is 0 Å². The second-order valence-electron chi connectivity index (χ2n) is 8.58. The molecular weight excluding hydrogens is 366 g/mol. The molecule has 4 heterocycles. The molecule has 2 aliphatic rings. The molecule has 2 aliphatic heterocycles. The molecule has 1 fully saturated rings. The maximum Gasteiger partial charge on any atom is 0.251 e. The van der Waals surface area contributed by atoms with Crippen molar-refractivity contribution in [3.05, 3.63) is 51.7 Å². The Morgan fingerprint density at radius 1 is 1.31 bits per heavy atom. The predicted molar refractivity (Wildman–Crippen MR) is 112 cm³/mol. The first-order valence-corrected chi connectivity index (χ1v) is 10.7. The van der Waals surface area contributed by atoms with Crippen LogP contribution in [-0.4, -0.2) is 44.8 Å². The SMILES string of the molecule is CCCC(=O)NC[C@H]1[C@H]2C[C@H](CN(Cc3cn(C)nc3C)C2)c2cccc(=O)n21. The van der Waals surface area contributed by atoms with Gasteiger partial charge in [-0.1, -0.05) is 13.0 Å². The lowest BCUT2D eigenvalue weighted by molar-refractivity contribution is -0.121. The smallest absolute Gasteiger partial charge is 0.251 e. The monoisotopic (exact) mass is 397 g/mol. The molecule has 0 aliphatic carbocycles. The van der Waals surface area contributed by atoms with Crippen molar-refractivity contribution < 1.29 is 4.79 Å². The van der Waals surface area contributed by atoms with Gasteiger partial charge < -0.3 is 9.88 Å². The Labute approximate surface area is 171 Å². The number of rotatable bonds is 6. The van der Waals surface area contributed by atoms with Gasteiger partial charge in [-0.15, -0.1) is 0 Å². The van der Waals surface area contributed by atoms with Gasteiger partial charge >= 0.3 is 0 Å². The lowest BCUT2D eigenvalue weighted by Crippen LogP contribution is -2.51. The molecule has 0 spiro atoms. The molecule has 3 atom stereocenters. The first-order chi connectivity index (χ1) is 14.0. The average Bonchev–Trinajstić information content (AvgIpc) is 2.99. The topological polar surface area (TPSA) is 72.2 Å². The van der Waals surface area contributed by atoms with E-state index in [2.05, 4.69) is 34.5 Å². The van der Waals surface area contributed by atoms with Crippen molar-refractivity contribution in [2.75, 3.05) is 19.6 Å². The number of hydrogen-bond acceptors (Lipinski definition) is 4. The highest BCUT2D eigenvalue weighted by molar-refractivity contribution is 5.75. The molecule has 0 saturated carbocycles. The zero-order chi connectivity index (χ0) is 20.5. The number of carbonyl (C=O) groups is 1. The summed E-state index contributed by atoms with van der Waals surface area (Å²) in [5.41, 5.74) is 3.48. The van der Waals surface area contributed by atoms with Crippen molar-refractivity contribution in [3.63, 3.8) is 0 Å². The molecule has 156 valence electrons. The summed E-state index contributed by atoms with van der Waals surface area (Å²) in [4.78, 5) is 27.3. The maximum absolute atomic E-state index is 12.7. The van der Waals surface area contributed by atoms with Gasteiger partial charge in [0, 0.05) is 69.1 Å². The van der Waals surface area contributed by atoms with Crippen LogP contribution in [0.2, 0.25) is 0 Å². The van der Waals surface area contributed by atoms with Gasteiger partial charge in [0.1, 0.15) is 0 Å². The third-order valence-electron chi connectivity index (χ3n) is 6.37. The van der Waals surface area contributed by atoms with E-state index in [0.29, 0.717) is 24.8 Å². The second kappa shape index (κ2) is 8.14. The van der Waals surface area contributed by atoms with E-state index in [1.54, 1.807) is 6.07 Å². The van der Waals surface area contributed by atoms with Gasteiger partial charge in [0.05, 0.1) is 11.7 Å². The molecule has 0 radical (unpaired) electrons. The third kappa shape index (κ3) is 4.01. The number of nitrogens with zero attached hydrogens (tertiary/aromatic N) is 4. The standard InChI is InChI=1S/C22H31N5O2/c1-4-6-21(28)23-10-20-17-9-16(19-7-5-8-22(29)27(19)20)12-26(13-17)14-18-11-25(3)24-15(18)2/h5,7-8,11,16-17,20H,4,6,9-10,12-14H2,1-3H3,(H,23,28)/t16-,17+,20+/m1/s1. The minimum atomic E-state index is 0.00792. The van der Waals surface area contributed by atoms with Crippen molar-refractivity contribution >= 4 is 5.91 Å². The molecule has 0 aromatic carbocycles. The fourth-order valence-electron chi connectivity index (χ4n) is 5.11. The molecule has 2 bridgehead atoms. The van der Waals surface area contributed by atoms with Gasteiger partial charge in [0.25, 0.3) is 5.56 Å². The molecule has 1 N–H and O–H groups in total. The number of nitrogens with one attached hydrogen (secondary N) is 1. The Hall–Kier alpha value is -2.41. The summed E-state index contributed by atoms with van der Waals surface area (Å²) in [5, 5.41) is 7.55. The average molecular weight is 398 g/mol. The first-order valence-electron chi connectivity index (χ1n) is 10.7. The molecule has 4 rings (SSSR count). The summed E-state index contributed by atoms with van der Waals surface area (Å²) in [7, 11) is 1.96. The minimum Gasteiger partial charge on any atom is -0.354 e. The number of piperidine rings is 1. The summed E-state index contributed by atoms with van der Waals surface area (Å²) in [6.45, 7) is 7.33. The quantitative estimate of drug-likeness (QED) is 0.809. The minimum absolute atomic E-state index is 0.00792. The Bertz CT molecular complexity index is 947. The van der Waals surface area contributed by atoms with Crippen LogP contribution < -0.4 is 10.9 Å². The van der Waals surface area contributed by atoms with E-state index < -0.39 is 0 Å². The van der Waals surface area contributed by atoms with Gasteiger partial charge in [-0.3, -0.25) is 19.2 Å². The van der Waals surface area contributed by atoms with Crippen molar-refractivity contribution in [1.29, 1.82) is 0 Å². The molecule has 1 saturated heterocycles. The molecule has 2 aromatic heterocycles. The summed E-state index contributed by atoms with van der Waals surface area (Å²) in [5.74, 6) is 0.765. The number of aromatic nitrogens is 3. The molecule has 1 amide bonds. The summed E-state index contributed by atoms with van der Waals surface area (Å²) in [6, 6.07) is 5.60. The highest BCUT2D eigenvalue weighted by atomic mass is 16.1. The van der Waals surface area contributed by atoms with Crippen molar-refractivity contribution in [2.45, 2.75) is 51.6 Å². The molecule has 2 aromatic rings. The molecule has 7 heteroatoms. The second-order valence-corrected chi connectivity index (χ2v) is 8.58. The zero-order valence-electron chi connectivity index (χ0n) is 17.6. The predicted octanol–water partition coefficient (Wildman–Crippen LogP) is 1.97. The van der Waals surface area contributed by atoms with Gasteiger partial charge in [0.15, 0.2) is 0 Å². The summed E-state index contributed by atoms with van der Waals surface area (Å²) < 4.78 is 3.83. The zero-order valence-corrected chi connectivity index (χ0v) is 17.6. The van der Waals surface area contributed by atoms with Crippen molar-refractivity contribution in [2.24, 2.45) is 13.0 Å². The summed E-state index contributed by atoms with van der Waals surface area (Å²) in [6.07, 6.45) is 4.53.